The highest BCUT2D eigenvalue weighted by Crippen LogP contribution is 2.32. The van der Waals surface area contributed by atoms with Crippen LogP contribution in [-0.4, -0.2) is 36.8 Å². The van der Waals surface area contributed by atoms with Gasteiger partial charge in [0, 0.05) is 25.6 Å². The second-order valence-corrected chi connectivity index (χ2v) is 8.34. The van der Waals surface area contributed by atoms with Crippen molar-refractivity contribution in [2.24, 2.45) is 0 Å². The highest BCUT2D eigenvalue weighted by molar-refractivity contribution is 7.89. The zero-order chi connectivity index (χ0) is 21.6. The predicted molar refractivity (Wildman–Crippen MR) is 108 cm³/mol. The van der Waals surface area contributed by atoms with Crippen molar-refractivity contribution in [3.05, 3.63) is 63.7 Å². The first-order valence-corrected chi connectivity index (χ1v) is 10.6. The molecule has 0 bridgehead atoms. The van der Waals surface area contributed by atoms with E-state index < -0.39 is 26.7 Å². The molecular formula is C20H23N3O5S. The van der Waals surface area contributed by atoms with E-state index in [1.807, 2.05) is 37.3 Å². The number of nitrogens with zero attached hydrogens (tertiary/aromatic N) is 3. The smallest absolute Gasteiger partial charge is 0.312 e. The van der Waals surface area contributed by atoms with Crippen molar-refractivity contribution >= 4 is 15.7 Å². The Morgan fingerprint density at radius 1 is 1.17 bits per heavy atom. The molecule has 0 aromatic heterocycles. The van der Waals surface area contributed by atoms with Gasteiger partial charge in [-0.2, -0.15) is 9.57 Å². The Morgan fingerprint density at radius 3 is 2.31 bits per heavy atom. The Bertz CT molecular complexity index is 1010. The zero-order valence-corrected chi connectivity index (χ0v) is 17.3. The van der Waals surface area contributed by atoms with Crippen molar-refractivity contribution < 1.29 is 18.1 Å². The van der Waals surface area contributed by atoms with Crippen molar-refractivity contribution in [1.82, 2.24) is 4.31 Å². The molecule has 0 fully saturated rings. The number of hydrogen-bond donors (Lipinski definition) is 0. The summed E-state index contributed by atoms with van der Waals surface area (Å²) >= 11 is 0. The Kier molecular flexibility index (Phi) is 7.31. The standard InChI is InChI=1S/C20H23N3O5S/c1-4-22(5-2)29(26,27)18-10-11-20(19(13-18)23(24)25)28-17(14-21)12-16-8-6-15(3)7-9-16/h6-11,13,17H,4-5,12H2,1-3H3/t17-/m1/s1. The van der Waals surface area contributed by atoms with Crippen LogP contribution in [0.5, 0.6) is 5.75 Å². The average Bonchev–Trinajstić information content (AvgIpc) is 2.69. The van der Waals surface area contributed by atoms with Crippen LogP contribution in [0.3, 0.4) is 0 Å². The average molecular weight is 417 g/mol. The van der Waals surface area contributed by atoms with Crippen LogP contribution in [0.4, 0.5) is 5.69 Å². The van der Waals surface area contributed by atoms with Crippen molar-refractivity contribution in [2.45, 2.75) is 38.2 Å². The molecule has 0 aliphatic rings. The lowest BCUT2D eigenvalue weighted by Crippen LogP contribution is -2.30. The molecule has 0 aliphatic heterocycles. The lowest BCUT2D eigenvalue weighted by molar-refractivity contribution is -0.386. The number of nitriles is 1. The van der Waals surface area contributed by atoms with E-state index in [9.17, 15) is 23.8 Å². The zero-order valence-electron chi connectivity index (χ0n) is 16.5. The molecule has 2 rings (SSSR count). The third kappa shape index (κ3) is 5.31. The number of aryl methyl sites for hydroxylation is 1. The molecule has 2 aromatic carbocycles. The maximum Gasteiger partial charge on any atom is 0.312 e. The molecule has 154 valence electrons. The van der Waals surface area contributed by atoms with E-state index in [4.69, 9.17) is 4.74 Å². The molecule has 9 heteroatoms. The minimum absolute atomic E-state index is 0.146. The molecule has 0 aliphatic carbocycles. The summed E-state index contributed by atoms with van der Waals surface area (Å²) in [5, 5.41) is 20.9. The minimum Gasteiger partial charge on any atom is -0.468 e. The van der Waals surface area contributed by atoms with E-state index in [0.29, 0.717) is 0 Å². The van der Waals surface area contributed by atoms with Crippen molar-refractivity contribution in [3.63, 3.8) is 0 Å². The Hall–Kier alpha value is -2.96. The van der Waals surface area contributed by atoms with E-state index in [0.717, 1.165) is 17.2 Å². The minimum atomic E-state index is -3.85. The largest absolute Gasteiger partial charge is 0.468 e. The van der Waals surface area contributed by atoms with Gasteiger partial charge in [0.15, 0.2) is 11.9 Å². The summed E-state index contributed by atoms with van der Waals surface area (Å²) in [7, 11) is -3.85. The Labute approximate surface area is 170 Å². The van der Waals surface area contributed by atoms with Gasteiger partial charge in [0.2, 0.25) is 10.0 Å². The number of nitro benzene ring substituents is 1. The molecule has 0 radical (unpaired) electrons. The number of sulfonamides is 1. The Balaban J connectivity index is 2.34. The number of benzene rings is 2. The van der Waals surface area contributed by atoms with Gasteiger partial charge in [-0.15, -0.1) is 0 Å². The van der Waals surface area contributed by atoms with E-state index in [1.54, 1.807) is 13.8 Å². The van der Waals surface area contributed by atoms with Crippen LogP contribution in [0.15, 0.2) is 47.4 Å². The molecule has 29 heavy (non-hydrogen) atoms. The molecule has 0 saturated heterocycles. The second kappa shape index (κ2) is 9.49. The molecule has 0 spiro atoms. The van der Waals surface area contributed by atoms with Gasteiger partial charge >= 0.3 is 5.69 Å². The van der Waals surface area contributed by atoms with Crippen LogP contribution in [0.2, 0.25) is 0 Å². The third-order valence-electron chi connectivity index (χ3n) is 4.43. The van der Waals surface area contributed by atoms with E-state index >= 15 is 0 Å². The van der Waals surface area contributed by atoms with Crippen molar-refractivity contribution in [3.8, 4) is 11.8 Å². The molecule has 0 N–H and O–H groups in total. The number of hydrogen-bond acceptors (Lipinski definition) is 6. The summed E-state index contributed by atoms with van der Waals surface area (Å²) in [5.74, 6) is -0.146. The molecule has 0 unspecified atom stereocenters. The normalized spacial score (nSPS) is 12.4. The van der Waals surface area contributed by atoms with Gasteiger partial charge in [-0.1, -0.05) is 43.7 Å². The van der Waals surface area contributed by atoms with Gasteiger partial charge in [0.1, 0.15) is 6.07 Å². The lowest BCUT2D eigenvalue weighted by Gasteiger charge is -2.19. The van der Waals surface area contributed by atoms with Crippen LogP contribution in [0, 0.1) is 28.4 Å². The maximum atomic E-state index is 12.6. The number of nitro groups is 1. The molecule has 0 heterocycles. The number of rotatable bonds is 9. The van der Waals surface area contributed by atoms with E-state index in [-0.39, 0.29) is 30.2 Å². The SMILES string of the molecule is CCN(CC)S(=O)(=O)c1ccc(O[C@@H](C#N)Cc2ccc(C)cc2)c([N+](=O)[O-])c1. The highest BCUT2D eigenvalue weighted by Gasteiger charge is 2.27. The van der Waals surface area contributed by atoms with Gasteiger partial charge in [-0.05, 0) is 24.6 Å². The highest BCUT2D eigenvalue weighted by atomic mass is 32.2. The van der Waals surface area contributed by atoms with Crippen LogP contribution < -0.4 is 4.74 Å². The predicted octanol–water partition coefficient (Wildman–Crippen LogP) is 3.45. The lowest BCUT2D eigenvalue weighted by atomic mass is 10.1. The van der Waals surface area contributed by atoms with Gasteiger partial charge in [0.25, 0.3) is 0 Å². The second-order valence-electron chi connectivity index (χ2n) is 6.40. The topological polar surface area (TPSA) is 114 Å². The third-order valence-corrected chi connectivity index (χ3v) is 6.47. The summed E-state index contributed by atoms with van der Waals surface area (Å²) in [5.41, 5.74) is 1.43. The first-order chi connectivity index (χ1) is 13.7. The fraction of sp³-hybridized carbons (Fsp3) is 0.350. The molecule has 2 aromatic rings. The monoisotopic (exact) mass is 417 g/mol. The van der Waals surface area contributed by atoms with Gasteiger partial charge < -0.3 is 4.74 Å². The molecular weight excluding hydrogens is 394 g/mol. The molecule has 0 amide bonds. The van der Waals surface area contributed by atoms with Crippen LogP contribution >= 0.6 is 0 Å². The van der Waals surface area contributed by atoms with Crippen LogP contribution in [0.1, 0.15) is 25.0 Å². The number of ether oxygens (including phenoxy) is 1. The van der Waals surface area contributed by atoms with E-state index in [1.165, 1.54) is 16.4 Å². The van der Waals surface area contributed by atoms with Gasteiger partial charge in [-0.25, -0.2) is 8.42 Å². The molecule has 0 saturated carbocycles. The summed E-state index contributed by atoms with van der Waals surface area (Å²) in [6.07, 6.45) is -0.713. The first-order valence-electron chi connectivity index (χ1n) is 9.13. The molecule has 1 atom stereocenters. The first kappa shape index (κ1) is 22.3. The van der Waals surface area contributed by atoms with Crippen LogP contribution in [-0.2, 0) is 16.4 Å². The summed E-state index contributed by atoms with van der Waals surface area (Å²) < 4.78 is 32.0. The Morgan fingerprint density at radius 2 is 1.79 bits per heavy atom. The fourth-order valence-electron chi connectivity index (χ4n) is 2.82. The maximum absolute atomic E-state index is 12.6. The van der Waals surface area contributed by atoms with Crippen LogP contribution in [0.25, 0.3) is 0 Å². The van der Waals surface area contributed by atoms with Gasteiger partial charge in [-0.3, -0.25) is 10.1 Å². The summed E-state index contributed by atoms with van der Waals surface area (Å²) in [6, 6.07) is 13.0. The fourth-order valence-corrected chi connectivity index (χ4v) is 4.30. The summed E-state index contributed by atoms with van der Waals surface area (Å²) in [4.78, 5) is 10.6. The molecule has 8 nitrogen and oxygen atoms in total. The van der Waals surface area contributed by atoms with Crippen molar-refractivity contribution in [2.75, 3.05) is 13.1 Å². The van der Waals surface area contributed by atoms with E-state index in [2.05, 4.69) is 0 Å². The van der Waals surface area contributed by atoms with Crippen molar-refractivity contribution in [1.29, 1.82) is 5.26 Å². The van der Waals surface area contributed by atoms with Gasteiger partial charge in [0.05, 0.1) is 9.82 Å². The quantitative estimate of drug-likeness (QED) is 0.456. The summed E-state index contributed by atoms with van der Waals surface area (Å²) in [6.45, 7) is 5.82.